The third-order valence-corrected chi connectivity index (χ3v) is 6.40. The lowest BCUT2D eigenvalue weighted by atomic mass is 9.90. The van der Waals surface area contributed by atoms with Crippen molar-refractivity contribution < 1.29 is 14.3 Å². The highest BCUT2D eigenvalue weighted by molar-refractivity contribution is 5.96. The van der Waals surface area contributed by atoms with Gasteiger partial charge in [0.15, 0.2) is 0 Å². The Hall–Kier alpha value is -1.96. The van der Waals surface area contributed by atoms with Crippen LogP contribution in [0.15, 0.2) is 24.3 Å². The third-order valence-electron chi connectivity index (χ3n) is 6.40. The van der Waals surface area contributed by atoms with Crippen molar-refractivity contribution in [2.24, 2.45) is 0 Å². The first kappa shape index (κ1) is 19.4. The monoisotopic (exact) mass is 386 g/mol. The van der Waals surface area contributed by atoms with E-state index in [-0.39, 0.29) is 11.8 Å². The second kappa shape index (κ2) is 8.19. The van der Waals surface area contributed by atoms with Gasteiger partial charge in [-0.15, -0.1) is 0 Å². The van der Waals surface area contributed by atoms with Gasteiger partial charge in [0.25, 0.3) is 5.91 Å². The van der Waals surface area contributed by atoms with E-state index in [0.717, 1.165) is 57.7 Å². The SMILES string of the molecule is COC1(C(=O)N2CCN(CC(=O)N3CCc4ccccc43)CC2)CCNCC1. The summed E-state index contributed by atoms with van der Waals surface area (Å²) in [6.45, 7) is 5.56. The number of rotatable bonds is 4. The van der Waals surface area contributed by atoms with Gasteiger partial charge in [0.1, 0.15) is 5.60 Å². The number of methoxy groups -OCH3 is 1. The van der Waals surface area contributed by atoms with Crippen LogP contribution in [0.3, 0.4) is 0 Å². The lowest BCUT2D eigenvalue weighted by Gasteiger charge is -2.42. The maximum absolute atomic E-state index is 13.1. The summed E-state index contributed by atoms with van der Waals surface area (Å²) in [6, 6.07) is 8.14. The molecule has 0 aromatic heterocycles. The number of benzene rings is 1. The van der Waals surface area contributed by atoms with Crippen LogP contribution in [0.5, 0.6) is 0 Å². The standard InChI is InChI=1S/C21H30N4O3/c1-28-21(7-9-22-10-8-21)20(27)24-14-12-23(13-15-24)16-19(26)25-11-6-17-4-2-3-5-18(17)25/h2-5,22H,6-16H2,1H3. The molecule has 152 valence electrons. The Morgan fingerprint density at radius 3 is 2.50 bits per heavy atom. The Labute approximate surface area is 166 Å². The third kappa shape index (κ3) is 3.66. The van der Waals surface area contributed by atoms with Gasteiger partial charge >= 0.3 is 0 Å². The number of piperazine rings is 1. The Morgan fingerprint density at radius 1 is 1.07 bits per heavy atom. The van der Waals surface area contributed by atoms with Crippen LogP contribution < -0.4 is 10.2 Å². The Bertz CT molecular complexity index is 724. The number of piperidine rings is 1. The number of fused-ring (bicyclic) bond motifs is 1. The van der Waals surface area contributed by atoms with Gasteiger partial charge in [-0.05, 0) is 44.0 Å². The zero-order chi connectivity index (χ0) is 19.6. The summed E-state index contributed by atoms with van der Waals surface area (Å²) >= 11 is 0. The molecular weight excluding hydrogens is 356 g/mol. The summed E-state index contributed by atoms with van der Waals surface area (Å²) in [7, 11) is 1.64. The summed E-state index contributed by atoms with van der Waals surface area (Å²) < 4.78 is 5.68. The molecule has 7 heteroatoms. The van der Waals surface area contributed by atoms with Gasteiger partial charge in [-0.25, -0.2) is 0 Å². The average Bonchev–Trinajstić information content (AvgIpc) is 3.18. The molecule has 3 aliphatic rings. The predicted octanol–water partition coefficient (Wildman–Crippen LogP) is 0.489. The lowest BCUT2D eigenvalue weighted by molar-refractivity contribution is -0.160. The molecule has 2 amide bonds. The molecule has 0 saturated carbocycles. The molecule has 3 aliphatic heterocycles. The molecule has 0 atom stereocenters. The van der Waals surface area contributed by atoms with E-state index in [1.54, 1.807) is 7.11 Å². The van der Waals surface area contributed by atoms with Crippen LogP contribution in [0.4, 0.5) is 5.69 Å². The second-order valence-electron chi connectivity index (χ2n) is 7.94. The number of para-hydroxylation sites is 1. The van der Waals surface area contributed by atoms with E-state index in [1.165, 1.54) is 5.56 Å². The number of carbonyl (C=O) groups is 2. The topological polar surface area (TPSA) is 65.1 Å². The highest BCUT2D eigenvalue weighted by Crippen LogP contribution is 2.28. The highest BCUT2D eigenvalue weighted by atomic mass is 16.5. The van der Waals surface area contributed by atoms with Crippen LogP contribution in [0.2, 0.25) is 0 Å². The molecule has 2 fully saturated rings. The van der Waals surface area contributed by atoms with Crippen LogP contribution >= 0.6 is 0 Å². The zero-order valence-corrected chi connectivity index (χ0v) is 16.7. The molecule has 0 radical (unpaired) electrons. The van der Waals surface area contributed by atoms with E-state index in [0.29, 0.717) is 19.6 Å². The van der Waals surface area contributed by atoms with Gasteiger partial charge in [0, 0.05) is 45.5 Å². The first-order valence-electron chi connectivity index (χ1n) is 10.3. The van der Waals surface area contributed by atoms with Gasteiger partial charge < -0.3 is 19.9 Å². The van der Waals surface area contributed by atoms with Crippen molar-refractivity contribution in [1.82, 2.24) is 15.1 Å². The maximum atomic E-state index is 13.1. The first-order chi connectivity index (χ1) is 13.6. The van der Waals surface area contributed by atoms with E-state index >= 15 is 0 Å². The molecular formula is C21H30N4O3. The molecule has 0 bridgehead atoms. The quantitative estimate of drug-likeness (QED) is 0.816. The van der Waals surface area contributed by atoms with Crippen LogP contribution in [-0.2, 0) is 20.7 Å². The van der Waals surface area contributed by atoms with Crippen LogP contribution in [0.1, 0.15) is 18.4 Å². The fraction of sp³-hybridized carbons (Fsp3) is 0.619. The Kier molecular flexibility index (Phi) is 5.66. The summed E-state index contributed by atoms with van der Waals surface area (Å²) in [6.07, 6.45) is 2.36. The van der Waals surface area contributed by atoms with Gasteiger partial charge in [-0.3, -0.25) is 14.5 Å². The lowest BCUT2D eigenvalue weighted by Crippen LogP contribution is -2.59. The van der Waals surface area contributed by atoms with E-state index < -0.39 is 5.60 Å². The molecule has 1 aromatic carbocycles. The number of nitrogens with zero attached hydrogens (tertiary/aromatic N) is 3. The van der Waals surface area contributed by atoms with Crippen molar-refractivity contribution in [3.05, 3.63) is 29.8 Å². The number of ether oxygens (including phenoxy) is 1. The number of carbonyl (C=O) groups excluding carboxylic acids is 2. The van der Waals surface area contributed by atoms with Gasteiger partial charge in [-0.2, -0.15) is 0 Å². The zero-order valence-electron chi connectivity index (χ0n) is 16.7. The van der Waals surface area contributed by atoms with Crippen LogP contribution in [-0.4, -0.2) is 86.7 Å². The van der Waals surface area contributed by atoms with Crippen molar-refractivity contribution in [2.45, 2.75) is 24.9 Å². The summed E-state index contributed by atoms with van der Waals surface area (Å²) in [4.78, 5) is 31.9. The molecule has 0 spiro atoms. The maximum Gasteiger partial charge on any atom is 0.254 e. The Morgan fingerprint density at radius 2 is 1.79 bits per heavy atom. The molecule has 0 unspecified atom stereocenters. The van der Waals surface area contributed by atoms with E-state index in [2.05, 4.69) is 16.3 Å². The van der Waals surface area contributed by atoms with Crippen molar-refractivity contribution >= 4 is 17.5 Å². The molecule has 1 aromatic rings. The summed E-state index contributed by atoms with van der Waals surface area (Å²) in [5.74, 6) is 0.257. The minimum absolute atomic E-state index is 0.107. The van der Waals surface area contributed by atoms with Gasteiger partial charge in [0.2, 0.25) is 5.91 Å². The molecule has 3 heterocycles. The molecule has 7 nitrogen and oxygen atoms in total. The van der Waals surface area contributed by atoms with Gasteiger partial charge in [0.05, 0.1) is 6.54 Å². The fourth-order valence-corrected chi connectivity index (χ4v) is 4.61. The minimum Gasteiger partial charge on any atom is -0.368 e. The predicted molar refractivity (Wildman–Crippen MR) is 107 cm³/mol. The fourth-order valence-electron chi connectivity index (χ4n) is 4.61. The van der Waals surface area contributed by atoms with E-state index in [9.17, 15) is 9.59 Å². The number of hydrogen-bond acceptors (Lipinski definition) is 5. The van der Waals surface area contributed by atoms with Crippen LogP contribution in [0, 0.1) is 0 Å². The smallest absolute Gasteiger partial charge is 0.254 e. The molecule has 1 N–H and O–H groups in total. The van der Waals surface area contributed by atoms with E-state index in [4.69, 9.17) is 4.74 Å². The Balaban J connectivity index is 1.31. The van der Waals surface area contributed by atoms with Crippen molar-refractivity contribution in [2.75, 3.05) is 64.4 Å². The van der Waals surface area contributed by atoms with Gasteiger partial charge in [-0.1, -0.05) is 18.2 Å². The minimum atomic E-state index is -0.678. The molecule has 28 heavy (non-hydrogen) atoms. The number of hydrogen-bond donors (Lipinski definition) is 1. The highest BCUT2D eigenvalue weighted by Gasteiger charge is 2.43. The molecule has 0 aliphatic carbocycles. The van der Waals surface area contributed by atoms with Crippen molar-refractivity contribution in [3.8, 4) is 0 Å². The largest absolute Gasteiger partial charge is 0.368 e. The number of amides is 2. The number of nitrogens with one attached hydrogen (secondary N) is 1. The normalized spacial score (nSPS) is 22.2. The number of anilines is 1. The molecule has 4 rings (SSSR count). The summed E-state index contributed by atoms with van der Waals surface area (Å²) in [5.41, 5.74) is 1.62. The molecule has 2 saturated heterocycles. The van der Waals surface area contributed by atoms with E-state index in [1.807, 2.05) is 28.0 Å². The van der Waals surface area contributed by atoms with Crippen molar-refractivity contribution in [3.63, 3.8) is 0 Å². The summed E-state index contributed by atoms with van der Waals surface area (Å²) in [5, 5.41) is 3.29. The second-order valence-corrected chi connectivity index (χ2v) is 7.94. The average molecular weight is 386 g/mol. The van der Waals surface area contributed by atoms with Crippen LogP contribution in [0.25, 0.3) is 0 Å². The first-order valence-corrected chi connectivity index (χ1v) is 10.3. The van der Waals surface area contributed by atoms with Crippen molar-refractivity contribution in [1.29, 1.82) is 0 Å².